The van der Waals surface area contributed by atoms with Crippen LogP contribution in [0.2, 0.25) is 0 Å². The first kappa shape index (κ1) is 14.5. The largest absolute Gasteiger partial charge is 0.281 e. The van der Waals surface area contributed by atoms with Gasteiger partial charge in [-0.2, -0.15) is 5.06 Å². The summed E-state index contributed by atoms with van der Waals surface area (Å²) >= 11 is 9.25. The Hall–Kier alpha value is -0.580. The maximum Gasteiger partial charge on any atom is 0.257 e. The molecule has 0 saturated heterocycles. The van der Waals surface area contributed by atoms with Crippen molar-refractivity contribution in [3.8, 4) is 0 Å². The monoisotopic (exact) mass is 319 g/mol. The molecule has 94 valence electrons. The maximum atomic E-state index is 12.1. The Kier molecular flexibility index (Phi) is 4.58. The first-order valence-electron chi connectivity index (χ1n) is 5.20. The van der Waals surface area contributed by atoms with Crippen LogP contribution in [-0.4, -0.2) is 16.5 Å². The van der Waals surface area contributed by atoms with E-state index in [1.165, 1.54) is 0 Å². The van der Waals surface area contributed by atoms with E-state index >= 15 is 0 Å². The van der Waals surface area contributed by atoms with Crippen LogP contribution >= 0.6 is 27.5 Å². The number of carbonyl (C=O) groups is 1. The van der Waals surface area contributed by atoms with E-state index < -0.39 is 11.3 Å². The number of nitrogens with zero attached hydrogens (tertiary/aromatic N) is 1. The first-order valence-corrected chi connectivity index (χ1v) is 6.43. The lowest BCUT2D eigenvalue weighted by Crippen LogP contribution is -2.43. The Morgan fingerprint density at radius 1 is 1.47 bits per heavy atom. The van der Waals surface area contributed by atoms with E-state index in [0.29, 0.717) is 15.2 Å². The third-order valence-corrected chi connectivity index (χ3v) is 4.03. The van der Waals surface area contributed by atoms with Gasteiger partial charge in [0.1, 0.15) is 0 Å². The van der Waals surface area contributed by atoms with Gasteiger partial charge in [-0.05, 0) is 48.8 Å². The fraction of sp³-hybridized carbons (Fsp3) is 0.417. The molecule has 0 bridgehead atoms. The molecule has 0 saturated carbocycles. The highest BCUT2D eigenvalue weighted by molar-refractivity contribution is 9.10. The SMILES string of the molecule is CC(Cl)C(C)(C)C(=O)N(O)c1ccccc1Br. The van der Waals surface area contributed by atoms with E-state index in [1.807, 2.05) is 0 Å². The van der Waals surface area contributed by atoms with E-state index in [2.05, 4.69) is 15.9 Å². The van der Waals surface area contributed by atoms with Crippen molar-refractivity contribution in [2.24, 2.45) is 5.41 Å². The minimum Gasteiger partial charge on any atom is -0.281 e. The Morgan fingerprint density at radius 3 is 2.47 bits per heavy atom. The summed E-state index contributed by atoms with van der Waals surface area (Å²) in [4.78, 5) is 12.1. The molecule has 0 spiro atoms. The van der Waals surface area contributed by atoms with Crippen molar-refractivity contribution in [2.45, 2.75) is 26.1 Å². The lowest BCUT2D eigenvalue weighted by molar-refractivity contribution is -0.131. The number of para-hydroxylation sites is 1. The molecule has 0 aliphatic rings. The van der Waals surface area contributed by atoms with Crippen LogP contribution in [0.3, 0.4) is 0 Å². The number of alkyl halides is 1. The predicted octanol–water partition coefficient (Wildman–Crippen LogP) is 3.82. The van der Waals surface area contributed by atoms with E-state index in [4.69, 9.17) is 11.6 Å². The molecule has 1 atom stereocenters. The van der Waals surface area contributed by atoms with Crippen LogP contribution in [0.1, 0.15) is 20.8 Å². The van der Waals surface area contributed by atoms with Gasteiger partial charge in [0.05, 0.1) is 11.1 Å². The van der Waals surface area contributed by atoms with Crippen LogP contribution < -0.4 is 5.06 Å². The molecule has 1 aromatic carbocycles. The number of anilines is 1. The predicted molar refractivity (Wildman–Crippen MR) is 72.5 cm³/mol. The van der Waals surface area contributed by atoms with Crippen molar-refractivity contribution in [1.29, 1.82) is 0 Å². The normalized spacial score (nSPS) is 13.3. The van der Waals surface area contributed by atoms with Crippen LogP contribution in [0.4, 0.5) is 5.69 Å². The standard InChI is InChI=1S/C12H15BrClNO2/c1-8(14)12(2,3)11(16)15(17)10-7-5-4-6-9(10)13/h4-8,17H,1-3H3. The van der Waals surface area contributed by atoms with Gasteiger partial charge in [0.2, 0.25) is 0 Å². The second kappa shape index (κ2) is 5.38. The van der Waals surface area contributed by atoms with Gasteiger partial charge < -0.3 is 0 Å². The van der Waals surface area contributed by atoms with Crippen molar-refractivity contribution in [2.75, 3.05) is 5.06 Å². The molecule has 5 heteroatoms. The fourth-order valence-corrected chi connectivity index (χ4v) is 1.72. The molecule has 1 amide bonds. The summed E-state index contributed by atoms with van der Waals surface area (Å²) in [5.41, 5.74) is -0.436. The molecule has 17 heavy (non-hydrogen) atoms. The average Bonchev–Trinajstić information content (AvgIpc) is 2.27. The number of rotatable bonds is 3. The third kappa shape index (κ3) is 3.00. The quantitative estimate of drug-likeness (QED) is 0.522. The van der Waals surface area contributed by atoms with E-state index in [0.717, 1.165) is 0 Å². The third-order valence-electron chi connectivity index (χ3n) is 2.82. The number of amides is 1. The zero-order chi connectivity index (χ0) is 13.2. The molecule has 0 fully saturated rings. The number of hydroxylamine groups is 1. The summed E-state index contributed by atoms with van der Waals surface area (Å²) in [6.45, 7) is 5.13. The number of hydrogen-bond acceptors (Lipinski definition) is 2. The van der Waals surface area contributed by atoms with Gasteiger partial charge in [-0.1, -0.05) is 12.1 Å². The van der Waals surface area contributed by atoms with Gasteiger partial charge in [0, 0.05) is 9.85 Å². The van der Waals surface area contributed by atoms with Gasteiger partial charge in [-0.3, -0.25) is 10.0 Å². The molecule has 1 rings (SSSR count). The Morgan fingerprint density at radius 2 is 2.00 bits per heavy atom. The van der Waals surface area contributed by atoms with Crippen molar-refractivity contribution < 1.29 is 10.0 Å². The highest BCUT2D eigenvalue weighted by atomic mass is 79.9. The highest BCUT2D eigenvalue weighted by Crippen LogP contribution is 2.32. The summed E-state index contributed by atoms with van der Waals surface area (Å²) in [6.07, 6.45) is 0. The average molecular weight is 321 g/mol. The molecule has 0 aliphatic carbocycles. The van der Waals surface area contributed by atoms with E-state index in [9.17, 15) is 10.0 Å². The number of carbonyl (C=O) groups excluding carboxylic acids is 1. The molecule has 1 N–H and O–H groups in total. The van der Waals surface area contributed by atoms with Crippen LogP contribution in [-0.2, 0) is 4.79 Å². The Labute approximate surface area is 114 Å². The van der Waals surface area contributed by atoms with Crippen LogP contribution in [0.5, 0.6) is 0 Å². The molecule has 0 aromatic heterocycles. The summed E-state index contributed by atoms with van der Waals surface area (Å²) in [5, 5.41) is 10.2. The van der Waals surface area contributed by atoms with Gasteiger partial charge in [-0.25, -0.2) is 0 Å². The van der Waals surface area contributed by atoms with Gasteiger partial charge in [-0.15, -0.1) is 11.6 Å². The Balaban J connectivity index is 3.03. The first-order chi connectivity index (χ1) is 7.78. The van der Waals surface area contributed by atoms with Crippen LogP contribution in [0.25, 0.3) is 0 Å². The number of hydrogen-bond donors (Lipinski definition) is 1. The molecule has 0 radical (unpaired) electrons. The molecule has 0 aliphatic heterocycles. The maximum absolute atomic E-state index is 12.1. The van der Waals surface area contributed by atoms with Crippen molar-refractivity contribution in [3.63, 3.8) is 0 Å². The zero-order valence-electron chi connectivity index (χ0n) is 9.95. The molecule has 3 nitrogen and oxygen atoms in total. The fourth-order valence-electron chi connectivity index (χ4n) is 1.18. The van der Waals surface area contributed by atoms with E-state index in [1.54, 1.807) is 45.0 Å². The van der Waals surface area contributed by atoms with Crippen molar-refractivity contribution in [3.05, 3.63) is 28.7 Å². The minimum atomic E-state index is -0.842. The van der Waals surface area contributed by atoms with Crippen molar-refractivity contribution in [1.82, 2.24) is 0 Å². The smallest absolute Gasteiger partial charge is 0.257 e. The second-order valence-electron chi connectivity index (χ2n) is 4.41. The highest BCUT2D eigenvalue weighted by Gasteiger charge is 2.37. The summed E-state index contributed by atoms with van der Waals surface area (Å²) in [6, 6.07) is 6.95. The lowest BCUT2D eigenvalue weighted by Gasteiger charge is -2.30. The summed E-state index contributed by atoms with van der Waals surface area (Å²) < 4.78 is 0.647. The van der Waals surface area contributed by atoms with Gasteiger partial charge in [0.15, 0.2) is 0 Å². The molecular weight excluding hydrogens is 305 g/mol. The van der Waals surface area contributed by atoms with Crippen molar-refractivity contribution >= 4 is 39.1 Å². The van der Waals surface area contributed by atoms with Gasteiger partial charge in [0.25, 0.3) is 5.91 Å². The zero-order valence-corrected chi connectivity index (χ0v) is 12.3. The molecule has 0 heterocycles. The van der Waals surface area contributed by atoms with E-state index in [-0.39, 0.29) is 5.38 Å². The second-order valence-corrected chi connectivity index (χ2v) is 5.92. The number of benzene rings is 1. The lowest BCUT2D eigenvalue weighted by atomic mass is 9.88. The topological polar surface area (TPSA) is 40.5 Å². The molecule has 1 aromatic rings. The number of halogens is 2. The van der Waals surface area contributed by atoms with Crippen LogP contribution in [0, 0.1) is 5.41 Å². The molecular formula is C12H15BrClNO2. The van der Waals surface area contributed by atoms with Gasteiger partial charge >= 0.3 is 0 Å². The van der Waals surface area contributed by atoms with Crippen LogP contribution in [0.15, 0.2) is 28.7 Å². The molecule has 1 unspecified atom stereocenters. The summed E-state index contributed by atoms with van der Waals surface area (Å²) in [5.74, 6) is -0.438. The summed E-state index contributed by atoms with van der Waals surface area (Å²) in [7, 11) is 0. The Bertz CT molecular complexity index is 421. The minimum absolute atomic E-state index is 0.382.